The lowest BCUT2D eigenvalue weighted by atomic mass is 10.2. The van der Waals surface area contributed by atoms with E-state index in [1.54, 1.807) is 20.8 Å². The van der Waals surface area contributed by atoms with E-state index in [1.165, 1.54) is 18.2 Å². The van der Waals surface area contributed by atoms with Crippen LogP contribution >= 0.6 is 0 Å². The fraction of sp³-hybridized carbons (Fsp3) is 0.286. The largest absolute Gasteiger partial charge is 0.444 e. The van der Waals surface area contributed by atoms with Crippen LogP contribution in [0.15, 0.2) is 78.9 Å². The number of nitrogens with one attached hydrogen (secondary N) is 3. The van der Waals surface area contributed by atoms with Crippen molar-refractivity contribution in [1.29, 1.82) is 0 Å². The van der Waals surface area contributed by atoms with Crippen LogP contribution in [0.2, 0.25) is 0 Å². The Morgan fingerprint density at radius 2 is 1.58 bits per heavy atom. The van der Waals surface area contributed by atoms with Crippen molar-refractivity contribution < 1.29 is 23.5 Å². The molecule has 0 radical (unpaired) electrons. The first-order chi connectivity index (χ1) is 17.2. The van der Waals surface area contributed by atoms with E-state index in [2.05, 4.69) is 16.0 Å². The van der Waals surface area contributed by atoms with E-state index in [0.29, 0.717) is 11.4 Å². The molecule has 7 nitrogen and oxygen atoms in total. The minimum atomic E-state index is -0.880. The normalized spacial score (nSPS) is 11.9. The van der Waals surface area contributed by atoms with Crippen LogP contribution in [-0.2, 0) is 20.9 Å². The molecular weight excluding hydrogens is 461 g/mol. The molecule has 0 unspecified atom stereocenters. The maximum atomic E-state index is 14.0. The number of amides is 2. The molecule has 2 amide bonds. The van der Waals surface area contributed by atoms with Gasteiger partial charge in [-0.1, -0.05) is 48.5 Å². The highest BCUT2D eigenvalue weighted by atomic mass is 19.1. The number of halogens is 1. The number of benzene rings is 3. The predicted molar refractivity (Wildman–Crippen MR) is 139 cm³/mol. The third-order valence-electron chi connectivity index (χ3n) is 4.95. The molecule has 0 fully saturated rings. The first-order valence-corrected chi connectivity index (χ1v) is 11.7. The van der Waals surface area contributed by atoms with Crippen LogP contribution < -0.4 is 16.0 Å². The quantitative estimate of drug-likeness (QED) is 0.322. The Balaban J connectivity index is 1.70. The summed E-state index contributed by atoms with van der Waals surface area (Å²) in [5.74, 6) is -0.857. The number of anilines is 3. The standard InChI is InChI=1S/C28H32FN3O4/c1-28(2,3)36-27(34)30-17-16-25(35-19-20-10-6-4-7-11-20)26(33)32-23-15-14-21(29)18-24(23)31-22-12-8-5-9-13-22/h4-15,18,25,31H,16-17,19H2,1-3H3,(H,30,34)(H,32,33)/t25-/m0/s1. The van der Waals surface area contributed by atoms with Gasteiger partial charge in [0.2, 0.25) is 0 Å². The zero-order valence-electron chi connectivity index (χ0n) is 20.7. The van der Waals surface area contributed by atoms with Gasteiger partial charge in [-0.2, -0.15) is 0 Å². The number of para-hydroxylation sites is 1. The fourth-order valence-corrected chi connectivity index (χ4v) is 3.30. The topological polar surface area (TPSA) is 88.7 Å². The molecule has 3 N–H and O–H groups in total. The SMILES string of the molecule is CC(C)(C)OC(=O)NCC[C@H](OCc1ccccc1)C(=O)Nc1ccc(F)cc1Nc1ccccc1. The van der Waals surface area contributed by atoms with Crippen molar-refractivity contribution in [3.05, 3.63) is 90.2 Å². The van der Waals surface area contributed by atoms with Gasteiger partial charge < -0.3 is 25.4 Å². The molecule has 3 aromatic rings. The number of rotatable bonds is 10. The van der Waals surface area contributed by atoms with Gasteiger partial charge in [-0.05, 0) is 56.7 Å². The van der Waals surface area contributed by atoms with Gasteiger partial charge in [0.15, 0.2) is 0 Å². The summed E-state index contributed by atoms with van der Waals surface area (Å²) in [5, 5.41) is 8.61. The highest BCUT2D eigenvalue weighted by Gasteiger charge is 2.22. The summed E-state index contributed by atoms with van der Waals surface area (Å²) >= 11 is 0. The minimum Gasteiger partial charge on any atom is -0.444 e. The second-order valence-electron chi connectivity index (χ2n) is 9.17. The molecule has 8 heteroatoms. The number of carbonyl (C=O) groups is 2. The summed E-state index contributed by atoms with van der Waals surface area (Å²) in [7, 11) is 0. The Morgan fingerprint density at radius 3 is 2.25 bits per heavy atom. The molecule has 190 valence electrons. The van der Waals surface area contributed by atoms with Gasteiger partial charge in [-0.25, -0.2) is 9.18 Å². The summed E-state index contributed by atoms with van der Waals surface area (Å²) in [6, 6.07) is 22.8. The van der Waals surface area contributed by atoms with E-state index in [1.807, 2.05) is 60.7 Å². The van der Waals surface area contributed by atoms with Crippen LogP contribution in [0.4, 0.5) is 26.2 Å². The number of hydrogen-bond acceptors (Lipinski definition) is 5. The molecule has 0 aromatic heterocycles. The number of carbonyl (C=O) groups excluding carboxylic acids is 2. The molecule has 0 saturated heterocycles. The lowest BCUT2D eigenvalue weighted by Gasteiger charge is -2.21. The first-order valence-electron chi connectivity index (χ1n) is 11.7. The van der Waals surface area contributed by atoms with Crippen molar-refractivity contribution in [1.82, 2.24) is 5.32 Å². The molecule has 0 saturated carbocycles. The molecule has 0 aliphatic heterocycles. The van der Waals surface area contributed by atoms with Gasteiger partial charge in [0.1, 0.15) is 17.5 Å². The van der Waals surface area contributed by atoms with Gasteiger partial charge in [-0.15, -0.1) is 0 Å². The highest BCUT2D eigenvalue weighted by Crippen LogP contribution is 2.27. The Bertz CT molecular complexity index is 1130. The zero-order chi connectivity index (χ0) is 26.0. The van der Waals surface area contributed by atoms with Crippen molar-refractivity contribution in [2.75, 3.05) is 17.2 Å². The van der Waals surface area contributed by atoms with Crippen molar-refractivity contribution in [2.24, 2.45) is 0 Å². The van der Waals surface area contributed by atoms with E-state index in [9.17, 15) is 14.0 Å². The van der Waals surface area contributed by atoms with Crippen LogP contribution in [0.25, 0.3) is 0 Å². The number of alkyl carbamates (subject to hydrolysis) is 1. The van der Waals surface area contributed by atoms with Crippen molar-refractivity contribution in [3.63, 3.8) is 0 Å². The van der Waals surface area contributed by atoms with Crippen molar-refractivity contribution >= 4 is 29.1 Å². The maximum absolute atomic E-state index is 14.0. The number of ether oxygens (including phenoxy) is 2. The average molecular weight is 494 g/mol. The van der Waals surface area contributed by atoms with Crippen LogP contribution in [0.5, 0.6) is 0 Å². The van der Waals surface area contributed by atoms with E-state index in [0.717, 1.165) is 11.3 Å². The molecule has 3 rings (SSSR count). The lowest BCUT2D eigenvalue weighted by Crippen LogP contribution is -2.37. The van der Waals surface area contributed by atoms with Gasteiger partial charge in [0, 0.05) is 18.7 Å². The van der Waals surface area contributed by atoms with E-state index >= 15 is 0 Å². The van der Waals surface area contributed by atoms with Crippen LogP contribution in [-0.4, -0.2) is 30.3 Å². The van der Waals surface area contributed by atoms with Gasteiger partial charge >= 0.3 is 6.09 Å². The Kier molecular flexibility index (Phi) is 9.41. The smallest absolute Gasteiger partial charge is 0.407 e. The average Bonchev–Trinajstić information content (AvgIpc) is 2.83. The summed E-state index contributed by atoms with van der Waals surface area (Å²) in [6.07, 6.45) is -1.24. The summed E-state index contributed by atoms with van der Waals surface area (Å²) in [6.45, 7) is 5.70. The molecular formula is C28H32FN3O4. The summed E-state index contributed by atoms with van der Waals surface area (Å²) in [5.41, 5.74) is 1.83. The van der Waals surface area contributed by atoms with E-state index < -0.39 is 29.5 Å². The molecule has 0 bridgehead atoms. The van der Waals surface area contributed by atoms with Gasteiger partial charge in [-0.3, -0.25) is 4.79 Å². The van der Waals surface area contributed by atoms with Gasteiger partial charge in [0.05, 0.1) is 18.0 Å². The van der Waals surface area contributed by atoms with Crippen LogP contribution in [0.3, 0.4) is 0 Å². The van der Waals surface area contributed by atoms with Crippen LogP contribution in [0.1, 0.15) is 32.8 Å². The Labute approximate surface area is 211 Å². The summed E-state index contributed by atoms with van der Waals surface area (Å²) < 4.78 is 25.2. The molecule has 0 spiro atoms. The highest BCUT2D eigenvalue weighted by molar-refractivity contribution is 5.97. The number of hydrogen-bond donors (Lipinski definition) is 3. The first kappa shape index (κ1) is 26.7. The monoisotopic (exact) mass is 493 g/mol. The predicted octanol–water partition coefficient (Wildman–Crippen LogP) is 6.01. The molecule has 0 heterocycles. The van der Waals surface area contributed by atoms with Crippen molar-refractivity contribution in [2.45, 2.75) is 45.5 Å². The third kappa shape index (κ3) is 9.03. The van der Waals surface area contributed by atoms with Gasteiger partial charge in [0.25, 0.3) is 5.91 Å². The summed E-state index contributed by atoms with van der Waals surface area (Å²) in [4.78, 5) is 25.2. The van der Waals surface area contributed by atoms with E-state index in [-0.39, 0.29) is 19.6 Å². The molecule has 0 aliphatic rings. The molecule has 3 aromatic carbocycles. The second-order valence-corrected chi connectivity index (χ2v) is 9.17. The minimum absolute atomic E-state index is 0.167. The van der Waals surface area contributed by atoms with Crippen molar-refractivity contribution in [3.8, 4) is 0 Å². The lowest BCUT2D eigenvalue weighted by molar-refractivity contribution is -0.128. The third-order valence-corrected chi connectivity index (χ3v) is 4.95. The molecule has 0 aliphatic carbocycles. The van der Waals surface area contributed by atoms with E-state index in [4.69, 9.17) is 9.47 Å². The zero-order valence-corrected chi connectivity index (χ0v) is 20.7. The Hall–Kier alpha value is -3.91. The molecule has 1 atom stereocenters. The Morgan fingerprint density at radius 1 is 0.917 bits per heavy atom. The fourth-order valence-electron chi connectivity index (χ4n) is 3.30. The van der Waals surface area contributed by atoms with Crippen LogP contribution in [0, 0.1) is 5.82 Å². The maximum Gasteiger partial charge on any atom is 0.407 e. The molecule has 36 heavy (non-hydrogen) atoms. The second kappa shape index (κ2) is 12.7.